The first kappa shape index (κ1) is 33.1. The number of aromatic nitrogens is 2. The molecule has 0 saturated carbocycles. The maximum absolute atomic E-state index is 9.43. The van der Waals surface area contributed by atoms with E-state index >= 15 is 0 Å². The lowest BCUT2D eigenvalue weighted by atomic mass is 9.97. The van der Waals surface area contributed by atoms with Crippen LogP contribution in [0.2, 0.25) is 0 Å². The number of fused-ring (bicyclic) bond motifs is 4. The molecule has 8 aromatic carbocycles. The topological polar surface area (TPSA) is 107 Å². The van der Waals surface area contributed by atoms with Crippen LogP contribution in [0.15, 0.2) is 167 Å². The second-order valence-corrected chi connectivity index (χ2v) is 13.7. The fraction of sp³-hybridized carbons (Fsp3) is 0. The summed E-state index contributed by atoms with van der Waals surface area (Å²) >= 11 is 0. The van der Waals surface area contributed by atoms with E-state index in [1.54, 1.807) is 36.4 Å². The summed E-state index contributed by atoms with van der Waals surface area (Å²) in [4.78, 5) is 15.0. The number of anilines is 3. The van der Waals surface area contributed by atoms with E-state index in [1.807, 2.05) is 66.7 Å². The molecule has 10 rings (SSSR count). The van der Waals surface area contributed by atoms with Gasteiger partial charge in [-0.1, -0.05) is 42.5 Å². The Kier molecular flexibility index (Phi) is 7.78. The predicted molar refractivity (Wildman–Crippen MR) is 223 cm³/mol. The van der Waals surface area contributed by atoms with Crippen LogP contribution in [0.5, 0.6) is 0 Å². The minimum absolute atomic E-state index is 0.475. The van der Waals surface area contributed by atoms with Crippen LogP contribution in [0.25, 0.3) is 82.6 Å². The number of hydrogen-bond acceptors (Lipinski definition) is 7. The molecule has 0 N–H and O–H groups in total. The summed E-state index contributed by atoms with van der Waals surface area (Å²) in [6.45, 7) is 7.35. The van der Waals surface area contributed by atoms with Crippen LogP contribution in [0.3, 0.4) is 0 Å². The Morgan fingerprint density at radius 1 is 0.456 bits per heavy atom. The van der Waals surface area contributed by atoms with E-state index in [9.17, 15) is 10.5 Å². The Labute approximate surface area is 326 Å². The maximum atomic E-state index is 9.43. The van der Waals surface area contributed by atoms with E-state index in [0.717, 1.165) is 60.9 Å². The van der Waals surface area contributed by atoms with Crippen molar-refractivity contribution in [1.29, 1.82) is 10.5 Å². The Morgan fingerprint density at radius 2 is 0.947 bits per heavy atom. The minimum atomic E-state index is 0.475. The first-order chi connectivity index (χ1) is 28.0. The minimum Gasteiger partial charge on any atom is -0.436 e. The number of nitriles is 2. The summed E-state index contributed by atoms with van der Waals surface area (Å²) in [7, 11) is 0. The number of oxazole rings is 2. The van der Waals surface area contributed by atoms with Gasteiger partial charge in [0.15, 0.2) is 16.9 Å². The van der Waals surface area contributed by atoms with Crippen molar-refractivity contribution in [3.05, 3.63) is 180 Å². The highest BCUT2D eigenvalue weighted by atomic mass is 16.4. The SMILES string of the molecule is [C-]#[N+]c1ccc2oc(-c3ccc(N(c4ccc(-c5nc6cc(C#N)ccc6o5)cc4)c4ccc5cc(-c6ccc7ccc(C#N)cc7c6)ccc5c4)cc3)nc2c1. The largest absolute Gasteiger partial charge is 0.436 e. The van der Waals surface area contributed by atoms with Gasteiger partial charge in [0.2, 0.25) is 11.8 Å². The van der Waals surface area contributed by atoms with Crippen molar-refractivity contribution >= 4 is 66.5 Å². The van der Waals surface area contributed by atoms with Gasteiger partial charge in [0.25, 0.3) is 0 Å². The van der Waals surface area contributed by atoms with Gasteiger partial charge in [-0.2, -0.15) is 10.5 Å². The normalized spacial score (nSPS) is 11.1. The van der Waals surface area contributed by atoms with E-state index in [2.05, 4.69) is 86.4 Å². The molecule has 0 unspecified atom stereocenters. The maximum Gasteiger partial charge on any atom is 0.227 e. The molecule has 8 nitrogen and oxygen atoms in total. The van der Waals surface area contributed by atoms with Crippen LogP contribution < -0.4 is 4.90 Å². The molecule has 8 heteroatoms. The third-order valence-corrected chi connectivity index (χ3v) is 10.1. The fourth-order valence-corrected chi connectivity index (χ4v) is 7.23. The summed E-state index contributed by atoms with van der Waals surface area (Å²) in [6.07, 6.45) is 0. The molecule has 10 aromatic rings. The van der Waals surface area contributed by atoms with Gasteiger partial charge in [-0.15, -0.1) is 0 Å². The van der Waals surface area contributed by atoms with Crippen molar-refractivity contribution in [2.75, 3.05) is 4.90 Å². The highest BCUT2D eigenvalue weighted by molar-refractivity contribution is 5.94. The smallest absolute Gasteiger partial charge is 0.227 e. The van der Waals surface area contributed by atoms with Crippen LogP contribution in [-0.4, -0.2) is 9.97 Å². The third-order valence-electron chi connectivity index (χ3n) is 10.1. The Morgan fingerprint density at radius 3 is 1.60 bits per heavy atom. The highest BCUT2D eigenvalue weighted by Crippen LogP contribution is 2.39. The van der Waals surface area contributed by atoms with Crippen LogP contribution in [0.1, 0.15) is 11.1 Å². The van der Waals surface area contributed by atoms with Gasteiger partial charge >= 0.3 is 0 Å². The highest BCUT2D eigenvalue weighted by Gasteiger charge is 2.17. The second kappa shape index (κ2) is 13.4. The third kappa shape index (κ3) is 6.05. The molecule has 2 heterocycles. The first-order valence-electron chi connectivity index (χ1n) is 18.1. The van der Waals surface area contributed by atoms with E-state index in [0.29, 0.717) is 50.8 Å². The zero-order valence-electron chi connectivity index (χ0n) is 30.0. The molecular formula is C49H26N6O2. The molecule has 2 aromatic heterocycles. The van der Waals surface area contributed by atoms with Crippen molar-refractivity contribution in [3.63, 3.8) is 0 Å². The lowest BCUT2D eigenvalue weighted by Gasteiger charge is -2.26. The van der Waals surface area contributed by atoms with Crippen LogP contribution in [-0.2, 0) is 0 Å². The van der Waals surface area contributed by atoms with Crippen LogP contribution >= 0.6 is 0 Å². The molecule has 0 fully saturated rings. The predicted octanol–water partition coefficient (Wildman–Crippen LogP) is 13.0. The molecule has 0 spiro atoms. The first-order valence-corrected chi connectivity index (χ1v) is 18.1. The second-order valence-electron chi connectivity index (χ2n) is 13.7. The summed E-state index contributed by atoms with van der Waals surface area (Å²) in [5.41, 5.74) is 10.8. The molecule has 264 valence electrons. The fourth-order valence-electron chi connectivity index (χ4n) is 7.23. The van der Waals surface area contributed by atoms with Crippen molar-refractivity contribution < 1.29 is 8.83 Å². The van der Waals surface area contributed by atoms with Gasteiger partial charge in [0.1, 0.15) is 5.52 Å². The van der Waals surface area contributed by atoms with Crippen LogP contribution in [0, 0.1) is 29.2 Å². The summed E-state index contributed by atoms with van der Waals surface area (Å²) in [5.74, 6) is 0.955. The molecular weight excluding hydrogens is 705 g/mol. The molecule has 0 bridgehead atoms. The van der Waals surface area contributed by atoms with E-state index in [4.69, 9.17) is 15.4 Å². The van der Waals surface area contributed by atoms with Crippen LogP contribution in [0.4, 0.5) is 22.7 Å². The summed E-state index contributed by atoms with van der Waals surface area (Å²) in [5, 5.41) is 23.1. The van der Waals surface area contributed by atoms with Gasteiger partial charge in [0, 0.05) is 28.2 Å². The average molecular weight is 731 g/mol. The standard InChI is InChI=1S/C49H26N6O2/c1-52-40-14-21-47-45(27-40)54-49(57-47)34-11-17-42(18-12-34)55(41-15-9-33(10-16-41)48-53-44-23-31(29-51)3-20-46(44)56-48)43-19-13-37-24-35(7-8-38(37)26-43)36-6-5-32-4-2-30(28-50)22-39(32)25-36/h2-27H. The van der Waals surface area contributed by atoms with Gasteiger partial charge in [-0.3, -0.25) is 0 Å². The van der Waals surface area contributed by atoms with Crippen molar-refractivity contribution in [2.45, 2.75) is 0 Å². The lowest BCUT2D eigenvalue weighted by Crippen LogP contribution is -2.09. The average Bonchev–Trinajstić information content (AvgIpc) is 3.90. The Balaban J connectivity index is 1.03. The molecule has 0 aliphatic rings. The van der Waals surface area contributed by atoms with Crippen molar-refractivity contribution in [3.8, 4) is 46.2 Å². The summed E-state index contributed by atoms with van der Waals surface area (Å²) < 4.78 is 12.1. The molecule has 0 saturated heterocycles. The zero-order chi connectivity index (χ0) is 38.5. The van der Waals surface area contributed by atoms with Gasteiger partial charge in [-0.25, -0.2) is 14.8 Å². The summed E-state index contributed by atoms with van der Waals surface area (Å²) in [6, 6.07) is 56.0. The van der Waals surface area contributed by atoms with Crippen molar-refractivity contribution in [1.82, 2.24) is 9.97 Å². The van der Waals surface area contributed by atoms with Gasteiger partial charge < -0.3 is 13.7 Å². The zero-order valence-corrected chi connectivity index (χ0v) is 30.0. The molecule has 0 amide bonds. The molecule has 0 atom stereocenters. The quantitative estimate of drug-likeness (QED) is 0.157. The molecule has 57 heavy (non-hydrogen) atoms. The van der Waals surface area contributed by atoms with E-state index in [1.165, 1.54) is 0 Å². The number of benzene rings is 8. The van der Waals surface area contributed by atoms with Gasteiger partial charge in [0.05, 0.1) is 35.4 Å². The van der Waals surface area contributed by atoms with Gasteiger partial charge in [-0.05, 0) is 148 Å². The van der Waals surface area contributed by atoms with Crippen molar-refractivity contribution in [2.24, 2.45) is 0 Å². The monoisotopic (exact) mass is 730 g/mol. The molecule has 0 radical (unpaired) electrons. The Hall–Kier alpha value is -8.51. The number of hydrogen-bond donors (Lipinski definition) is 0. The molecule has 0 aliphatic heterocycles. The number of nitrogens with zero attached hydrogens (tertiary/aromatic N) is 6. The number of rotatable bonds is 6. The Bertz CT molecular complexity index is 3210. The van der Waals surface area contributed by atoms with E-state index in [-0.39, 0.29) is 0 Å². The lowest BCUT2D eigenvalue weighted by molar-refractivity contribution is 0.619. The van der Waals surface area contributed by atoms with E-state index < -0.39 is 0 Å². The molecule has 0 aliphatic carbocycles.